The highest BCUT2D eigenvalue weighted by Gasteiger charge is 2.40. The molecule has 0 aliphatic heterocycles. The molecule has 262 valence electrons. The smallest absolute Gasteiger partial charge is 0.143 e. The summed E-state index contributed by atoms with van der Waals surface area (Å²) in [7, 11) is 0. The third-order valence-corrected chi connectivity index (χ3v) is 8.94. The topological polar surface area (TPSA) is 85.7 Å². The Balaban J connectivity index is 1.39. The number of ether oxygens (including phenoxy) is 4. The van der Waals surface area contributed by atoms with Crippen LogP contribution in [0.5, 0.6) is 0 Å². The minimum Gasteiger partial charge on any atom is -0.376 e. The zero-order valence-corrected chi connectivity index (χ0v) is 29.1. The van der Waals surface area contributed by atoms with Gasteiger partial charge < -0.3 is 18.9 Å². The van der Waals surface area contributed by atoms with Crippen molar-refractivity contribution in [3.05, 3.63) is 226 Å². The van der Waals surface area contributed by atoms with Crippen molar-refractivity contribution in [3.8, 4) is 0 Å². The molecule has 0 radical (unpaired) electrons. The van der Waals surface area contributed by atoms with Crippen LogP contribution in [0.2, 0.25) is 0 Å². The lowest BCUT2D eigenvalue weighted by molar-refractivity contribution is -0.144. The van der Waals surface area contributed by atoms with Crippen LogP contribution in [-0.2, 0) is 44.4 Å². The van der Waals surface area contributed by atoms with E-state index < -0.39 is 23.9 Å². The van der Waals surface area contributed by atoms with E-state index in [0.717, 1.165) is 33.4 Å². The third kappa shape index (κ3) is 9.62. The second-order valence-corrected chi connectivity index (χ2v) is 12.5. The number of hydrogen-bond acceptors (Lipinski definition) is 5. The molecule has 0 heterocycles. The summed E-state index contributed by atoms with van der Waals surface area (Å²) in [6.07, 6.45) is -1.43. The average Bonchev–Trinajstić information content (AvgIpc) is 3.22. The largest absolute Gasteiger partial charge is 0.376 e. The predicted octanol–water partition coefficient (Wildman–Crippen LogP) is 10.1. The monoisotopic (exact) mass is 689 g/mol. The minimum atomic E-state index is -1.00. The number of benzene rings is 6. The maximum Gasteiger partial charge on any atom is 0.143 e. The normalized spacial score (nSPS) is 13.1. The van der Waals surface area contributed by atoms with Gasteiger partial charge >= 0.3 is 0 Å². The SMILES string of the molecule is [N-]=[N+]=N[C@H](COCc1ccccc1)[C@@H](OCc1ccccc1)[C@@H](COC(c1ccccc1)(c1ccccc1)c1ccccc1)OCc1ccccc1. The van der Waals surface area contributed by atoms with Gasteiger partial charge in [0, 0.05) is 4.91 Å². The zero-order valence-electron chi connectivity index (χ0n) is 29.1. The molecule has 6 aromatic carbocycles. The van der Waals surface area contributed by atoms with Crippen LogP contribution in [0.25, 0.3) is 10.4 Å². The second-order valence-electron chi connectivity index (χ2n) is 12.5. The van der Waals surface area contributed by atoms with Crippen molar-refractivity contribution in [2.75, 3.05) is 13.2 Å². The van der Waals surface area contributed by atoms with Crippen molar-refractivity contribution in [1.29, 1.82) is 0 Å². The molecule has 0 amide bonds. The summed E-state index contributed by atoms with van der Waals surface area (Å²) < 4.78 is 27.0. The molecule has 6 aromatic rings. The van der Waals surface area contributed by atoms with E-state index in [1.165, 1.54) is 0 Å². The highest BCUT2D eigenvalue weighted by atomic mass is 16.6. The molecule has 6 rings (SSSR count). The van der Waals surface area contributed by atoms with Crippen molar-refractivity contribution in [2.24, 2.45) is 5.11 Å². The van der Waals surface area contributed by atoms with E-state index in [0.29, 0.717) is 13.2 Å². The molecule has 0 aliphatic carbocycles. The number of nitrogens with zero attached hydrogens (tertiary/aromatic N) is 3. The first-order valence-corrected chi connectivity index (χ1v) is 17.5. The van der Waals surface area contributed by atoms with Gasteiger partial charge in [0.1, 0.15) is 11.7 Å². The predicted molar refractivity (Wildman–Crippen MR) is 204 cm³/mol. The number of hydrogen-bond donors (Lipinski definition) is 0. The summed E-state index contributed by atoms with van der Waals surface area (Å²) in [4.78, 5) is 3.26. The minimum absolute atomic E-state index is 0.0983. The van der Waals surface area contributed by atoms with Crippen molar-refractivity contribution in [3.63, 3.8) is 0 Å². The van der Waals surface area contributed by atoms with Crippen LogP contribution in [-0.4, -0.2) is 31.5 Å². The van der Waals surface area contributed by atoms with Crippen LogP contribution in [0.4, 0.5) is 0 Å². The highest BCUT2D eigenvalue weighted by Crippen LogP contribution is 2.41. The molecule has 7 nitrogen and oxygen atoms in total. The van der Waals surface area contributed by atoms with E-state index in [1.54, 1.807) is 0 Å². The third-order valence-electron chi connectivity index (χ3n) is 8.94. The van der Waals surface area contributed by atoms with Crippen LogP contribution in [0.15, 0.2) is 187 Å². The number of azide groups is 1. The van der Waals surface area contributed by atoms with Crippen LogP contribution in [0.1, 0.15) is 33.4 Å². The van der Waals surface area contributed by atoms with Gasteiger partial charge in [-0.05, 0) is 38.9 Å². The fourth-order valence-electron chi connectivity index (χ4n) is 6.36. The Kier molecular flexibility index (Phi) is 13.4. The molecule has 0 saturated carbocycles. The van der Waals surface area contributed by atoms with Crippen molar-refractivity contribution >= 4 is 0 Å². The van der Waals surface area contributed by atoms with E-state index in [2.05, 4.69) is 46.4 Å². The van der Waals surface area contributed by atoms with Gasteiger partial charge in [-0.1, -0.05) is 187 Å². The lowest BCUT2D eigenvalue weighted by atomic mass is 9.80. The highest BCUT2D eigenvalue weighted by molar-refractivity contribution is 5.47. The van der Waals surface area contributed by atoms with Gasteiger partial charge in [0.05, 0.1) is 45.2 Å². The molecule has 0 unspecified atom stereocenters. The Morgan fingerprint density at radius 2 is 0.865 bits per heavy atom. The quantitative estimate of drug-likeness (QED) is 0.0367. The summed E-state index contributed by atoms with van der Waals surface area (Å²) in [6, 6.07) is 59.8. The number of rotatable bonds is 19. The first-order chi connectivity index (χ1) is 25.8. The molecule has 0 N–H and O–H groups in total. The van der Waals surface area contributed by atoms with E-state index >= 15 is 0 Å². The summed E-state index contributed by atoms with van der Waals surface area (Å²) in [5.41, 5.74) is 14.7. The van der Waals surface area contributed by atoms with Gasteiger partial charge in [0.2, 0.25) is 0 Å². The van der Waals surface area contributed by atoms with E-state index in [1.807, 2.05) is 146 Å². The maximum atomic E-state index is 9.86. The Hall–Kier alpha value is -5.53. The second kappa shape index (κ2) is 19.2. The maximum absolute atomic E-state index is 9.86. The summed E-state index contributed by atoms with van der Waals surface area (Å²) in [6.45, 7) is 1.14. The fraction of sp³-hybridized carbons (Fsp3) is 0.200. The molecule has 0 saturated heterocycles. The molecule has 0 bridgehead atoms. The molecule has 0 aromatic heterocycles. The van der Waals surface area contributed by atoms with Gasteiger partial charge in [-0.2, -0.15) is 0 Å². The Morgan fingerprint density at radius 3 is 1.29 bits per heavy atom. The molecule has 7 heteroatoms. The van der Waals surface area contributed by atoms with Crippen LogP contribution < -0.4 is 0 Å². The first kappa shape index (κ1) is 36.3. The Bertz CT molecular complexity index is 1830. The van der Waals surface area contributed by atoms with Crippen molar-refractivity contribution in [1.82, 2.24) is 0 Å². The van der Waals surface area contributed by atoms with Crippen molar-refractivity contribution < 1.29 is 18.9 Å². The first-order valence-electron chi connectivity index (χ1n) is 17.5. The Labute approximate surface area is 306 Å². The van der Waals surface area contributed by atoms with Crippen LogP contribution in [0, 0.1) is 0 Å². The van der Waals surface area contributed by atoms with Crippen LogP contribution in [0.3, 0.4) is 0 Å². The van der Waals surface area contributed by atoms with Crippen molar-refractivity contribution in [2.45, 2.75) is 43.7 Å². The van der Waals surface area contributed by atoms with E-state index in [-0.39, 0.29) is 19.8 Å². The van der Waals surface area contributed by atoms with Gasteiger partial charge in [0.15, 0.2) is 0 Å². The standard InChI is InChI=1S/C45H43N3O4/c46-48-47-42(34-49-31-36-19-7-1-8-20-36)44(51-33-38-23-11-3-12-24-38)43(50-32-37-21-9-2-10-22-37)35-52-45(39-25-13-4-14-26-39,40-27-15-5-16-28-40)41-29-17-6-18-30-41/h1-30,42-44H,31-35H2/t42-,43-,44-/m1/s1. The molecule has 0 aliphatic rings. The lowest BCUT2D eigenvalue weighted by Crippen LogP contribution is -2.47. The molecular weight excluding hydrogens is 647 g/mol. The van der Waals surface area contributed by atoms with Gasteiger partial charge in [-0.25, -0.2) is 0 Å². The molecule has 0 spiro atoms. The van der Waals surface area contributed by atoms with E-state index in [9.17, 15) is 5.53 Å². The van der Waals surface area contributed by atoms with E-state index in [4.69, 9.17) is 18.9 Å². The van der Waals surface area contributed by atoms with Gasteiger partial charge in [-0.3, -0.25) is 0 Å². The summed E-state index contributed by atoms with van der Waals surface area (Å²) >= 11 is 0. The lowest BCUT2D eigenvalue weighted by Gasteiger charge is -2.39. The van der Waals surface area contributed by atoms with Crippen LogP contribution >= 0.6 is 0 Å². The molecule has 0 fully saturated rings. The fourth-order valence-corrected chi connectivity index (χ4v) is 6.36. The zero-order chi connectivity index (χ0) is 35.7. The summed E-state index contributed by atoms with van der Waals surface area (Å²) in [5.74, 6) is 0. The average molecular weight is 690 g/mol. The molecular formula is C45H43N3O4. The van der Waals surface area contributed by atoms with Gasteiger partial charge in [-0.15, -0.1) is 0 Å². The molecule has 52 heavy (non-hydrogen) atoms. The molecule has 3 atom stereocenters. The Morgan fingerprint density at radius 1 is 0.481 bits per heavy atom. The summed E-state index contributed by atoms with van der Waals surface area (Å²) in [5, 5.41) is 4.26. The van der Waals surface area contributed by atoms with Gasteiger partial charge in [0.25, 0.3) is 0 Å².